The number of benzene rings is 1. The van der Waals surface area contributed by atoms with E-state index in [1.807, 2.05) is 0 Å². The third-order valence-corrected chi connectivity index (χ3v) is 12.1. The fraction of sp³-hybridized carbons (Fsp3) is 0.611. The summed E-state index contributed by atoms with van der Waals surface area (Å²) in [5.74, 6) is -5.00. The van der Waals surface area contributed by atoms with Crippen LogP contribution in [0.5, 0.6) is 0 Å². The van der Waals surface area contributed by atoms with E-state index < -0.39 is 85.5 Å². The van der Waals surface area contributed by atoms with Gasteiger partial charge < -0.3 is 28.6 Å². The van der Waals surface area contributed by atoms with E-state index in [1.165, 1.54) is 26.2 Å². The minimum Gasteiger partial charge on any atom is -0.598 e. The van der Waals surface area contributed by atoms with Gasteiger partial charge in [0.2, 0.25) is 0 Å². The Labute approximate surface area is 322 Å². The summed E-state index contributed by atoms with van der Waals surface area (Å²) in [6, 6.07) is 7.90. The number of halogens is 5. The van der Waals surface area contributed by atoms with Crippen LogP contribution in [-0.2, 0) is 32.3 Å². The van der Waals surface area contributed by atoms with Crippen LogP contribution in [0.3, 0.4) is 0 Å². The minimum atomic E-state index is -4.66. The fourth-order valence-electron chi connectivity index (χ4n) is 5.63. The maximum atomic E-state index is 15.4. The van der Waals surface area contributed by atoms with Crippen molar-refractivity contribution in [2.75, 3.05) is 33.4 Å². The Balaban J connectivity index is 1.67. The molecule has 1 aliphatic heterocycles. The lowest BCUT2D eigenvalue weighted by Crippen LogP contribution is -2.47. The Morgan fingerprint density at radius 1 is 0.964 bits per heavy atom. The van der Waals surface area contributed by atoms with E-state index in [2.05, 4.69) is 34.7 Å². The highest BCUT2D eigenvalue weighted by Crippen LogP contribution is 2.32. The molecule has 55 heavy (non-hydrogen) atoms. The monoisotopic (exact) mass is 818 g/mol. The van der Waals surface area contributed by atoms with Crippen LogP contribution in [0.4, 0.5) is 22.0 Å². The highest BCUT2D eigenvalue weighted by Gasteiger charge is 2.44. The Morgan fingerprint density at radius 2 is 1.58 bits per heavy atom. The van der Waals surface area contributed by atoms with Gasteiger partial charge in [-0.15, -0.1) is 4.72 Å². The number of hydrogen-bond acceptors (Lipinski definition) is 10. The number of pyridine rings is 1. The molecule has 1 unspecified atom stereocenters. The number of carbonyl (C=O) groups is 2. The minimum absolute atomic E-state index is 0.0594. The molecule has 0 bridgehead atoms. The number of alkyl halides is 5. The number of ether oxygens (including phenoxy) is 3. The van der Waals surface area contributed by atoms with E-state index in [4.69, 9.17) is 19.2 Å². The van der Waals surface area contributed by atoms with Crippen LogP contribution in [0.25, 0.3) is 11.2 Å². The molecule has 2 amide bonds. The van der Waals surface area contributed by atoms with E-state index in [-0.39, 0.29) is 41.6 Å². The first-order valence-electron chi connectivity index (χ1n) is 17.8. The molecule has 12 nitrogen and oxygen atoms in total. The van der Waals surface area contributed by atoms with E-state index in [0.717, 1.165) is 13.0 Å². The van der Waals surface area contributed by atoms with Gasteiger partial charge >= 0.3 is 6.18 Å². The number of rotatable bonds is 19. The molecule has 4 rings (SSSR count). The van der Waals surface area contributed by atoms with Crippen molar-refractivity contribution in [2.45, 2.75) is 108 Å². The van der Waals surface area contributed by atoms with Gasteiger partial charge in [0.25, 0.3) is 17.7 Å². The number of imidazole rings is 1. The van der Waals surface area contributed by atoms with Gasteiger partial charge in [-0.1, -0.05) is 31.8 Å². The maximum Gasteiger partial charge on any atom is 0.414 e. The largest absolute Gasteiger partial charge is 0.598 e. The van der Waals surface area contributed by atoms with Crippen LogP contribution in [0.15, 0.2) is 36.4 Å². The molecule has 2 N–H and O–H groups in total. The predicted molar refractivity (Wildman–Crippen MR) is 201 cm³/mol. The summed E-state index contributed by atoms with van der Waals surface area (Å²) in [5, 5.41) is 2.74. The summed E-state index contributed by atoms with van der Waals surface area (Å²) >= 11 is -1.78. The van der Waals surface area contributed by atoms with Crippen molar-refractivity contribution in [1.29, 1.82) is 0 Å². The highest BCUT2D eigenvalue weighted by atomic mass is 32.2. The van der Waals surface area contributed by atoms with Crippen LogP contribution in [0.2, 0.25) is 25.7 Å². The second-order valence-corrected chi connectivity index (χ2v) is 23.4. The lowest BCUT2D eigenvalue weighted by Gasteiger charge is -2.32. The molecule has 0 saturated heterocycles. The average Bonchev–Trinajstić information content (AvgIpc) is 3.55. The van der Waals surface area contributed by atoms with Crippen molar-refractivity contribution in [3.8, 4) is 0 Å². The van der Waals surface area contributed by atoms with Crippen LogP contribution < -0.4 is 10.0 Å². The maximum absolute atomic E-state index is 15.4. The first-order valence-corrected chi connectivity index (χ1v) is 22.7. The topological polar surface area (TPSA) is 143 Å². The van der Waals surface area contributed by atoms with Crippen LogP contribution >= 0.6 is 0 Å². The van der Waals surface area contributed by atoms with Gasteiger partial charge in [0, 0.05) is 33.2 Å². The van der Waals surface area contributed by atoms with Crippen molar-refractivity contribution < 1.29 is 50.3 Å². The van der Waals surface area contributed by atoms with Crippen molar-refractivity contribution >= 4 is 42.4 Å². The van der Waals surface area contributed by atoms with E-state index in [1.54, 1.807) is 49.6 Å². The molecule has 0 spiro atoms. The van der Waals surface area contributed by atoms with E-state index in [0.29, 0.717) is 17.0 Å². The number of hydrogen-bond donors (Lipinski definition) is 2. The molecule has 0 saturated carbocycles. The van der Waals surface area contributed by atoms with Crippen molar-refractivity contribution in [2.24, 2.45) is 0 Å². The molecular formula is C36H51F5N6O6SSi. The number of aromatic nitrogens is 3. The first kappa shape index (κ1) is 44.7. The van der Waals surface area contributed by atoms with E-state index >= 15 is 8.78 Å². The standard InChI is InChI=1S/C36H51F5N6O6SSi/c1-22(53-23(2)36(39,40)41)29(45-54(50)34(3,4)5)31-44-30-28(47(31)21-52-16-17-55(7,8)9)15-14-26(43-30)27(18-51-6)42-19-35(37,38)20-46-32(48)24-12-10-11-13-25(24)33(46)49/h10-15,22-23,27,29,42,45H,16-21H2,1-9H3/t22-,23-,27-,29+,54?/m1/s1. The predicted octanol–water partition coefficient (Wildman–Crippen LogP) is 6.40. The molecule has 3 heterocycles. The Hall–Kier alpha value is -3.04. The molecule has 5 atom stereocenters. The van der Waals surface area contributed by atoms with Gasteiger partial charge in [0.15, 0.2) is 11.8 Å². The summed E-state index contributed by atoms with van der Waals surface area (Å²) in [6.07, 6.45) is -8.02. The molecule has 2 aromatic heterocycles. The normalized spacial score (nSPS) is 17.1. The summed E-state index contributed by atoms with van der Waals surface area (Å²) < 4.78 is 106. The highest BCUT2D eigenvalue weighted by molar-refractivity contribution is 7.90. The lowest BCUT2D eigenvalue weighted by atomic mass is 10.1. The van der Waals surface area contributed by atoms with Crippen LogP contribution in [0.1, 0.15) is 78.9 Å². The van der Waals surface area contributed by atoms with Crippen molar-refractivity contribution in [3.63, 3.8) is 0 Å². The Morgan fingerprint density at radius 3 is 2.13 bits per heavy atom. The molecule has 3 aromatic rings. The molecular weight excluding hydrogens is 768 g/mol. The molecule has 1 aliphatic rings. The smallest absolute Gasteiger partial charge is 0.414 e. The number of nitrogens with one attached hydrogen (secondary N) is 2. The zero-order chi connectivity index (χ0) is 41.1. The molecule has 0 fully saturated rings. The molecule has 19 heteroatoms. The van der Waals surface area contributed by atoms with Crippen LogP contribution in [-0.4, -0.2) is 106 Å². The lowest BCUT2D eigenvalue weighted by molar-refractivity contribution is -0.227. The number of methoxy groups -OCH3 is 1. The second kappa shape index (κ2) is 17.6. The van der Waals surface area contributed by atoms with Gasteiger partial charge in [-0.25, -0.2) is 18.7 Å². The van der Waals surface area contributed by atoms with Gasteiger partial charge in [0.1, 0.15) is 23.3 Å². The first-order chi connectivity index (χ1) is 25.4. The number of fused-ring (bicyclic) bond motifs is 2. The number of imide groups is 1. The van der Waals surface area contributed by atoms with Gasteiger partial charge in [0.05, 0.1) is 54.2 Å². The van der Waals surface area contributed by atoms with Crippen molar-refractivity contribution in [3.05, 3.63) is 59.0 Å². The van der Waals surface area contributed by atoms with Gasteiger partial charge in [-0.05, 0) is 64.9 Å². The summed E-state index contributed by atoms with van der Waals surface area (Å²) in [5.41, 5.74) is 0.905. The number of amides is 2. The second-order valence-electron chi connectivity index (χ2n) is 15.8. The summed E-state index contributed by atoms with van der Waals surface area (Å²) in [6.45, 7) is 12.1. The fourth-order valence-corrected chi connectivity index (χ4v) is 7.27. The van der Waals surface area contributed by atoms with Crippen LogP contribution in [0, 0.1) is 0 Å². The molecule has 1 aromatic carbocycles. The third-order valence-electron chi connectivity index (χ3n) is 8.86. The molecule has 306 valence electrons. The summed E-state index contributed by atoms with van der Waals surface area (Å²) in [7, 11) is -0.118. The SMILES string of the molecule is COC[C@@H](NCC(F)(F)CN1C(=O)c2ccccc2C1=O)c1ccc2c(n1)nc([C@@H](N[S+]([O-])C(C)(C)C)[C@@H](C)O[C@H](C)C(F)(F)F)n2COCC[Si](C)(C)C. The Bertz CT molecular complexity index is 1770. The summed E-state index contributed by atoms with van der Waals surface area (Å²) in [4.78, 5) is 35.4. The van der Waals surface area contributed by atoms with E-state index in [9.17, 15) is 27.3 Å². The molecule has 0 radical (unpaired) electrons. The average molecular weight is 819 g/mol. The zero-order valence-corrected chi connectivity index (χ0v) is 34.4. The van der Waals surface area contributed by atoms with Gasteiger partial charge in [-0.2, -0.15) is 13.2 Å². The van der Waals surface area contributed by atoms with Gasteiger partial charge in [-0.3, -0.25) is 14.5 Å². The number of nitrogens with zero attached hydrogens (tertiary/aromatic N) is 4. The zero-order valence-electron chi connectivity index (χ0n) is 32.6. The van der Waals surface area contributed by atoms with Crippen molar-refractivity contribution in [1.82, 2.24) is 29.5 Å². The Kier molecular flexibility index (Phi) is 14.3. The molecule has 0 aliphatic carbocycles. The quantitative estimate of drug-likeness (QED) is 0.0459. The third kappa shape index (κ3) is 11.5. The number of carbonyl (C=O) groups excluding carboxylic acids is 2.